The molecule has 1 fully saturated rings. The van der Waals surface area contributed by atoms with E-state index in [1.165, 1.54) is 51.5 Å². The first-order valence-corrected chi connectivity index (χ1v) is 7.05. The van der Waals surface area contributed by atoms with Crippen molar-refractivity contribution in [2.75, 3.05) is 6.54 Å². The van der Waals surface area contributed by atoms with Gasteiger partial charge < -0.3 is 5.32 Å². The van der Waals surface area contributed by atoms with Crippen LogP contribution in [0.5, 0.6) is 0 Å². The Balaban J connectivity index is 2.34. The fourth-order valence-electron chi connectivity index (χ4n) is 3.08. The van der Waals surface area contributed by atoms with E-state index in [4.69, 9.17) is 0 Å². The Morgan fingerprint density at radius 3 is 2.47 bits per heavy atom. The molecule has 1 saturated carbocycles. The molecule has 1 aliphatic carbocycles. The van der Waals surface area contributed by atoms with Crippen molar-refractivity contribution >= 4 is 0 Å². The average molecular weight is 211 g/mol. The lowest BCUT2D eigenvalue weighted by atomic mass is 9.75. The van der Waals surface area contributed by atoms with Gasteiger partial charge in [0.15, 0.2) is 0 Å². The zero-order chi connectivity index (χ0) is 11.1. The molecule has 0 amide bonds. The van der Waals surface area contributed by atoms with E-state index in [2.05, 4.69) is 26.1 Å². The topological polar surface area (TPSA) is 12.0 Å². The predicted molar refractivity (Wildman–Crippen MR) is 68.1 cm³/mol. The summed E-state index contributed by atoms with van der Waals surface area (Å²) >= 11 is 0. The van der Waals surface area contributed by atoms with Crippen LogP contribution in [0.15, 0.2) is 0 Å². The molecule has 1 aliphatic rings. The zero-order valence-electron chi connectivity index (χ0n) is 10.9. The second-order valence-electron chi connectivity index (χ2n) is 5.20. The highest BCUT2D eigenvalue weighted by Crippen LogP contribution is 2.33. The van der Waals surface area contributed by atoms with Gasteiger partial charge in [0.05, 0.1) is 0 Å². The summed E-state index contributed by atoms with van der Waals surface area (Å²) in [6.07, 6.45) is 9.82. The van der Waals surface area contributed by atoms with E-state index >= 15 is 0 Å². The van der Waals surface area contributed by atoms with Gasteiger partial charge >= 0.3 is 0 Å². The quantitative estimate of drug-likeness (QED) is 0.700. The third kappa shape index (κ3) is 4.14. The highest BCUT2D eigenvalue weighted by Gasteiger charge is 2.28. The second kappa shape index (κ2) is 7.27. The van der Waals surface area contributed by atoms with Gasteiger partial charge in [-0.25, -0.2) is 0 Å². The molecule has 0 aromatic heterocycles. The molecule has 1 heteroatoms. The molecule has 90 valence electrons. The SMILES string of the molecule is CCCNC1CCC(CCC)CC1CC. The summed E-state index contributed by atoms with van der Waals surface area (Å²) < 4.78 is 0. The van der Waals surface area contributed by atoms with Crippen molar-refractivity contribution in [1.82, 2.24) is 5.32 Å². The van der Waals surface area contributed by atoms with Crippen molar-refractivity contribution in [1.29, 1.82) is 0 Å². The smallest absolute Gasteiger partial charge is 0.00954 e. The van der Waals surface area contributed by atoms with E-state index in [-0.39, 0.29) is 0 Å². The van der Waals surface area contributed by atoms with Crippen LogP contribution >= 0.6 is 0 Å². The maximum absolute atomic E-state index is 3.73. The average Bonchev–Trinajstić information content (AvgIpc) is 2.27. The van der Waals surface area contributed by atoms with Gasteiger partial charge in [0.1, 0.15) is 0 Å². The van der Waals surface area contributed by atoms with Crippen LogP contribution in [0.3, 0.4) is 0 Å². The fourth-order valence-corrected chi connectivity index (χ4v) is 3.08. The van der Waals surface area contributed by atoms with Gasteiger partial charge in [-0.1, -0.05) is 40.0 Å². The normalized spacial score (nSPS) is 31.8. The van der Waals surface area contributed by atoms with E-state index in [1.54, 1.807) is 0 Å². The summed E-state index contributed by atoms with van der Waals surface area (Å²) in [4.78, 5) is 0. The van der Waals surface area contributed by atoms with Gasteiger partial charge in [0, 0.05) is 6.04 Å². The molecule has 0 heterocycles. The lowest BCUT2D eigenvalue weighted by Crippen LogP contribution is -2.40. The highest BCUT2D eigenvalue weighted by molar-refractivity contribution is 4.83. The minimum absolute atomic E-state index is 0.822. The Morgan fingerprint density at radius 2 is 1.87 bits per heavy atom. The van der Waals surface area contributed by atoms with Gasteiger partial charge in [-0.15, -0.1) is 0 Å². The van der Waals surface area contributed by atoms with E-state index < -0.39 is 0 Å². The van der Waals surface area contributed by atoms with Crippen LogP contribution in [0.2, 0.25) is 0 Å². The molecule has 0 bridgehead atoms. The van der Waals surface area contributed by atoms with Crippen LogP contribution in [0, 0.1) is 11.8 Å². The molecule has 0 aliphatic heterocycles. The molecule has 3 unspecified atom stereocenters. The standard InChI is InChI=1S/C14H29N/c1-4-7-12-8-9-14(15-10-5-2)13(6-3)11-12/h12-15H,4-11H2,1-3H3. The van der Waals surface area contributed by atoms with Crippen LogP contribution in [-0.4, -0.2) is 12.6 Å². The molecule has 0 aromatic rings. The molecule has 1 nitrogen and oxygen atoms in total. The van der Waals surface area contributed by atoms with Crippen molar-refractivity contribution in [3.63, 3.8) is 0 Å². The maximum atomic E-state index is 3.73. The summed E-state index contributed by atoms with van der Waals surface area (Å²) in [5, 5.41) is 3.73. The molecule has 0 saturated heterocycles. The monoisotopic (exact) mass is 211 g/mol. The lowest BCUT2D eigenvalue weighted by molar-refractivity contribution is 0.190. The Morgan fingerprint density at radius 1 is 1.07 bits per heavy atom. The molecule has 0 spiro atoms. The molecular formula is C14H29N. The van der Waals surface area contributed by atoms with Crippen molar-refractivity contribution < 1.29 is 0 Å². The van der Waals surface area contributed by atoms with E-state index in [0.29, 0.717) is 0 Å². The number of hydrogen-bond donors (Lipinski definition) is 1. The van der Waals surface area contributed by atoms with Crippen molar-refractivity contribution in [3.8, 4) is 0 Å². The highest BCUT2D eigenvalue weighted by atomic mass is 14.9. The Bertz CT molecular complexity index is 155. The van der Waals surface area contributed by atoms with E-state index in [0.717, 1.165) is 17.9 Å². The van der Waals surface area contributed by atoms with Crippen molar-refractivity contribution in [2.24, 2.45) is 11.8 Å². The largest absolute Gasteiger partial charge is 0.314 e. The fraction of sp³-hybridized carbons (Fsp3) is 1.00. The van der Waals surface area contributed by atoms with Crippen LogP contribution in [0.4, 0.5) is 0 Å². The second-order valence-corrected chi connectivity index (χ2v) is 5.20. The van der Waals surface area contributed by atoms with Gasteiger partial charge in [-0.3, -0.25) is 0 Å². The minimum atomic E-state index is 0.822. The molecular weight excluding hydrogens is 182 g/mol. The van der Waals surface area contributed by atoms with Gasteiger partial charge in [0.25, 0.3) is 0 Å². The molecule has 0 aromatic carbocycles. The van der Waals surface area contributed by atoms with Crippen LogP contribution in [0.1, 0.15) is 65.7 Å². The first-order chi connectivity index (χ1) is 7.31. The molecule has 3 atom stereocenters. The predicted octanol–water partition coefficient (Wildman–Crippen LogP) is 3.98. The van der Waals surface area contributed by atoms with Crippen LogP contribution < -0.4 is 5.32 Å². The van der Waals surface area contributed by atoms with Crippen molar-refractivity contribution in [3.05, 3.63) is 0 Å². The number of nitrogens with one attached hydrogen (secondary N) is 1. The van der Waals surface area contributed by atoms with Crippen molar-refractivity contribution in [2.45, 2.75) is 71.8 Å². The summed E-state index contributed by atoms with van der Waals surface area (Å²) in [6, 6.07) is 0.822. The van der Waals surface area contributed by atoms with E-state index in [1.807, 2.05) is 0 Å². The third-order valence-electron chi connectivity index (χ3n) is 3.97. The summed E-state index contributed by atoms with van der Waals surface area (Å²) in [7, 11) is 0. The first kappa shape index (κ1) is 13.0. The maximum Gasteiger partial charge on any atom is 0.00954 e. The molecule has 1 N–H and O–H groups in total. The Hall–Kier alpha value is -0.0400. The van der Waals surface area contributed by atoms with Gasteiger partial charge in [-0.2, -0.15) is 0 Å². The first-order valence-electron chi connectivity index (χ1n) is 7.05. The zero-order valence-corrected chi connectivity index (χ0v) is 10.9. The lowest BCUT2D eigenvalue weighted by Gasteiger charge is -2.36. The molecule has 1 rings (SSSR count). The van der Waals surface area contributed by atoms with E-state index in [9.17, 15) is 0 Å². The summed E-state index contributed by atoms with van der Waals surface area (Å²) in [5.41, 5.74) is 0. The number of hydrogen-bond acceptors (Lipinski definition) is 1. The molecule has 0 radical (unpaired) electrons. The number of rotatable bonds is 6. The van der Waals surface area contributed by atoms with Crippen LogP contribution in [-0.2, 0) is 0 Å². The van der Waals surface area contributed by atoms with Crippen LogP contribution in [0.25, 0.3) is 0 Å². The Kier molecular flexibility index (Phi) is 6.31. The summed E-state index contributed by atoms with van der Waals surface area (Å²) in [5.74, 6) is 1.97. The van der Waals surface area contributed by atoms with Gasteiger partial charge in [-0.05, 0) is 44.1 Å². The molecule has 15 heavy (non-hydrogen) atoms. The third-order valence-corrected chi connectivity index (χ3v) is 3.97. The summed E-state index contributed by atoms with van der Waals surface area (Å²) in [6.45, 7) is 8.15. The van der Waals surface area contributed by atoms with Gasteiger partial charge in [0.2, 0.25) is 0 Å². The minimum Gasteiger partial charge on any atom is -0.314 e. The Labute approximate surface area is 96.0 Å².